The molecular weight excluding hydrogens is 362 g/mol. The number of methoxy groups -OCH3 is 2. The Hall–Kier alpha value is 1.00. The summed E-state index contributed by atoms with van der Waals surface area (Å²) in [6, 6.07) is 0. The Kier molecular flexibility index (Phi) is 2.21. The van der Waals surface area contributed by atoms with Crippen molar-refractivity contribution in [1.82, 2.24) is 0 Å². The molecule has 5 rings (SSSR count). The van der Waals surface area contributed by atoms with Crippen LogP contribution in [0.5, 0.6) is 0 Å². The summed E-state index contributed by atoms with van der Waals surface area (Å²) in [7, 11) is 2.89. The number of fused-ring (bicyclic) bond motifs is 2. The fourth-order valence-corrected chi connectivity index (χ4v) is 10.4. The lowest BCUT2D eigenvalue weighted by atomic mass is 9.57. The Morgan fingerprint density at radius 2 is 0.952 bits per heavy atom. The highest BCUT2D eigenvalue weighted by atomic mass is 35.5. The van der Waals surface area contributed by atoms with Gasteiger partial charge in [-0.25, -0.2) is 0 Å². The molecule has 0 amide bonds. The molecule has 118 valence electrons. The first-order valence-electron chi connectivity index (χ1n) is 6.90. The maximum Gasteiger partial charge on any atom is 0.211 e. The second-order valence-electron chi connectivity index (χ2n) is 6.96. The third-order valence-electron chi connectivity index (χ3n) is 7.20. The van der Waals surface area contributed by atoms with E-state index in [9.17, 15) is 10.2 Å². The average molecular weight is 376 g/mol. The highest BCUT2D eigenvalue weighted by molar-refractivity contribution is 6.51. The standard InChI is InChI=1S/C13H14Cl4O4/c1-20-13(21-2)11(16)5-6-8(19)4-3(7(5)18)9(11,14)10(4,15)12(6,13)17/h3-8,18-19H,1-2H3/t3-,4+,5-,6+,7+,8-,9+,10-,11-,12-/m1/s1. The largest absolute Gasteiger partial charge is 0.392 e. The van der Waals surface area contributed by atoms with Crippen LogP contribution < -0.4 is 0 Å². The third kappa shape index (κ3) is 0.758. The second-order valence-corrected chi connectivity index (χ2v) is 9.34. The number of aliphatic hydroxyl groups is 2. The van der Waals surface area contributed by atoms with Gasteiger partial charge in [0.25, 0.3) is 0 Å². The summed E-state index contributed by atoms with van der Waals surface area (Å²) >= 11 is 27.8. The molecule has 8 heteroatoms. The number of aliphatic hydroxyl groups excluding tert-OH is 2. The molecule has 4 nitrogen and oxygen atoms in total. The van der Waals surface area contributed by atoms with Gasteiger partial charge in [-0.05, 0) is 0 Å². The molecule has 2 N–H and O–H groups in total. The van der Waals surface area contributed by atoms with E-state index in [0.717, 1.165) is 0 Å². The molecule has 5 aliphatic rings. The van der Waals surface area contributed by atoms with Crippen molar-refractivity contribution >= 4 is 46.4 Å². The van der Waals surface area contributed by atoms with Crippen LogP contribution in [0.3, 0.4) is 0 Å². The Morgan fingerprint density at radius 3 is 1.24 bits per heavy atom. The minimum Gasteiger partial charge on any atom is -0.392 e. The van der Waals surface area contributed by atoms with E-state index in [2.05, 4.69) is 0 Å². The Bertz CT molecular complexity index is 541. The van der Waals surface area contributed by atoms with E-state index < -0.39 is 61.2 Å². The van der Waals surface area contributed by atoms with Gasteiger partial charge in [0.05, 0.1) is 22.0 Å². The smallest absolute Gasteiger partial charge is 0.211 e. The first kappa shape index (κ1) is 14.4. The number of rotatable bonds is 2. The summed E-state index contributed by atoms with van der Waals surface area (Å²) in [5, 5.41) is 21.4. The molecule has 0 unspecified atom stereocenters. The van der Waals surface area contributed by atoms with Gasteiger partial charge in [0.1, 0.15) is 9.75 Å². The normalized spacial score (nSPS) is 74.3. The quantitative estimate of drug-likeness (QED) is 0.561. The van der Waals surface area contributed by atoms with Crippen LogP contribution in [0.4, 0.5) is 0 Å². The summed E-state index contributed by atoms with van der Waals surface area (Å²) < 4.78 is 11.3. The molecule has 5 saturated carbocycles. The highest BCUT2D eigenvalue weighted by Gasteiger charge is 3.11. The first-order chi connectivity index (χ1) is 9.68. The second kappa shape index (κ2) is 3.23. The fourth-order valence-electron chi connectivity index (χ4n) is 6.98. The summed E-state index contributed by atoms with van der Waals surface area (Å²) in [5.74, 6) is -3.29. The first-order valence-corrected chi connectivity index (χ1v) is 8.41. The van der Waals surface area contributed by atoms with Crippen molar-refractivity contribution in [3.05, 3.63) is 0 Å². The van der Waals surface area contributed by atoms with Crippen LogP contribution in [0.15, 0.2) is 0 Å². The molecule has 0 spiro atoms. The van der Waals surface area contributed by atoms with Crippen molar-refractivity contribution in [3.8, 4) is 0 Å². The number of ether oxygens (including phenoxy) is 2. The number of hydrogen-bond donors (Lipinski definition) is 2. The minimum atomic E-state index is -1.45. The number of hydrogen-bond acceptors (Lipinski definition) is 4. The van der Waals surface area contributed by atoms with Crippen LogP contribution >= 0.6 is 46.4 Å². The molecule has 0 aromatic rings. The van der Waals surface area contributed by atoms with E-state index in [1.54, 1.807) is 0 Å². The lowest BCUT2D eigenvalue weighted by Crippen LogP contribution is -2.74. The molecule has 0 saturated heterocycles. The van der Waals surface area contributed by atoms with E-state index in [0.29, 0.717) is 0 Å². The average Bonchev–Trinajstić information content (AvgIpc) is 2.73. The number of halogens is 4. The summed E-state index contributed by atoms with van der Waals surface area (Å²) in [4.78, 5) is -4.90. The van der Waals surface area contributed by atoms with Crippen LogP contribution in [0.1, 0.15) is 0 Å². The zero-order valence-electron chi connectivity index (χ0n) is 11.2. The molecule has 10 atom stereocenters. The maximum atomic E-state index is 10.7. The van der Waals surface area contributed by atoms with Gasteiger partial charge in [0.2, 0.25) is 5.79 Å². The monoisotopic (exact) mass is 374 g/mol. The molecule has 0 heterocycles. The van der Waals surface area contributed by atoms with E-state index in [-0.39, 0.29) is 0 Å². The van der Waals surface area contributed by atoms with E-state index in [1.165, 1.54) is 14.2 Å². The predicted molar refractivity (Wildman–Crippen MR) is 77.1 cm³/mol. The van der Waals surface area contributed by atoms with E-state index >= 15 is 0 Å². The van der Waals surface area contributed by atoms with Gasteiger partial charge in [-0.3, -0.25) is 0 Å². The predicted octanol–water partition coefficient (Wildman–Crippen LogP) is 1.14. The topological polar surface area (TPSA) is 58.9 Å². The van der Waals surface area contributed by atoms with Crippen molar-refractivity contribution in [2.45, 2.75) is 37.5 Å². The fraction of sp³-hybridized carbons (Fsp3) is 1.00. The van der Waals surface area contributed by atoms with Crippen molar-refractivity contribution in [1.29, 1.82) is 0 Å². The zero-order chi connectivity index (χ0) is 15.4. The van der Waals surface area contributed by atoms with Gasteiger partial charge in [-0.15, -0.1) is 46.4 Å². The molecular formula is C13H14Cl4O4. The molecule has 0 radical (unpaired) electrons. The van der Waals surface area contributed by atoms with Crippen molar-refractivity contribution in [3.63, 3.8) is 0 Å². The SMILES string of the molecule is COC1(OC)[C@@]2(Cl)[C@@H]3[C@H](O)[C@@H]4[C@@H]5[C@H](O)[C@@H]3[C@@]1(Cl)[C@@]5(Cl)[C@]42Cl. The van der Waals surface area contributed by atoms with Gasteiger partial charge in [0.15, 0.2) is 0 Å². The third-order valence-corrected chi connectivity index (χ3v) is 10.8. The Labute approximate surface area is 141 Å². The van der Waals surface area contributed by atoms with E-state index in [4.69, 9.17) is 55.9 Å². The molecule has 5 fully saturated rings. The molecule has 0 aromatic heterocycles. The lowest BCUT2D eigenvalue weighted by Gasteiger charge is -2.60. The van der Waals surface area contributed by atoms with Gasteiger partial charge in [0, 0.05) is 37.9 Å². The maximum absolute atomic E-state index is 10.7. The summed E-state index contributed by atoms with van der Waals surface area (Å²) in [6.45, 7) is 0. The van der Waals surface area contributed by atoms with Crippen molar-refractivity contribution in [2.24, 2.45) is 23.7 Å². The molecule has 21 heavy (non-hydrogen) atoms. The Morgan fingerprint density at radius 1 is 0.667 bits per heavy atom. The summed E-state index contributed by atoms with van der Waals surface area (Å²) in [6.07, 6.45) is -1.53. The van der Waals surface area contributed by atoms with Crippen molar-refractivity contribution in [2.75, 3.05) is 14.2 Å². The zero-order valence-corrected chi connectivity index (χ0v) is 14.2. The van der Waals surface area contributed by atoms with Crippen LogP contribution in [0.25, 0.3) is 0 Å². The Balaban J connectivity index is 1.94. The van der Waals surface area contributed by atoms with Gasteiger partial charge >= 0.3 is 0 Å². The van der Waals surface area contributed by atoms with Crippen LogP contribution in [0, 0.1) is 23.7 Å². The highest BCUT2D eigenvalue weighted by Crippen LogP contribution is 2.97. The number of alkyl halides is 4. The molecule has 2 bridgehead atoms. The molecule has 5 aliphatic carbocycles. The summed E-state index contributed by atoms with van der Waals surface area (Å²) in [5.41, 5.74) is 0. The van der Waals surface area contributed by atoms with Gasteiger partial charge in [-0.1, -0.05) is 0 Å². The van der Waals surface area contributed by atoms with Gasteiger partial charge in [-0.2, -0.15) is 0 Å². The van der Waals surface area contributed by atoms with Crippen LogP contribution in [-0.4, -0.2) is 61.9 Å². The minimum absolute atomic E-state index is 0.404. The van der Waals surface area contributed by atoms with Gasteiger partial charge < -0.3 is 19.7 Å². The molecule has 0 aliphatic heterocycles. The molecule has 0 aromatic carbocycles. The van der Waals surface area contributed by atoms with Crippen LogP contribution in [0.2, 0.25) is 0 Å². The van der Waals surface area contributed by atoms with E-state index in [1.807, 2.05) is 0 Å². The van der Waals surface area contributed by atoms with Crippen molar-refractivity contribution < 1.29 is 19.7 Å². The van der Waals surface area contributed by atoms with Crippen LogP contribution in [-0.2, 0) is 9.47 Å². The lowest BCUT2D eigenvalue weighted by molar-refractivity contribution is -0.225.